The second-order valence-electron chi connectivity index (χ2n) is 14.8. The lowest BCUT2D eigenvalue weighted by molar-refractivity contribution is -0.703. The third kappa shape index (κ3) is 11.1. The van der Waals surface area contributed by atoms with Crippen LogP contribution in [0.2, 0.25) is 0 Å². The lowest BCUT2D eigenvalue weighted by atomic mass is 9.93. The second kappa shape index (κ2) is 16.9. The molecule has 4 rings (SSSR count). The highest BCUT2D eigenvalue weighted by atomic mass is 31.2. The molecule has 2 aromatic carbocycles. The molecule has 2 heterocycles. The summed E-state index contributed by atoms with van der Waals surface area (Å²) in [7, 11) is -11.3. The van der Waals surface area contributed by atoms with Gasteiger partial charge in [-0.2, -0.15) is 0 Å². The van der Waals surface area contributed by atoms with Gasteiger partial charge in [0.15, 0.2) is 35.7 Å². The van der Waals surface area contributed by atoms with Crippen LogP contribution in [0.15, 0.2) is 76.2 Å². The molecule has 0 aliphatic carbocycles. The van der Waals surface area contributed by atoms with Crippen LogP contribution in [-0.4, -0.2) is 88.3 Å². The molecule has 10 N–H and O–H groups in total. The van der Waals surface area contributed by atoms with E-state index < -0.39 is 66.7 Å². The van der Waals surface area contributed by atoms with Crippen molar-refractivity contribution in [1.82, 2.24) is 10.6 Å². The molecule has 4 aromatic rings. The van der Waals surface area contributed by atoms with Gasteiger partial charge in [-0.15, -0.1) is 0 Å². The minimum absolute atomic E-state index is 0.0139. The summed E-state index contributed by atoms with van der Waals surface area (Å²) in [6, 6.07) is 12.6. The summed E-state index contributed by atoms with van der Waals surface area (Å²) in [4.78, 5) is 75.6. The first kappa shape index (κ1) is 44.2. The van der Waals surface area contributed by atoms with Gasteiger partial charge in [-0.3, -0.25) is 23.5 Å². The Bertz CT molecular complexity index is 2190. The number of aliphatic hydroxyl groups excluding tert-OH is 1. The van der Waals surface area contributed by atoms with Gasteiger partial charge in [-0.1, -0.05) is 26.0 Å². The Morgan fingerprint density at radius 2 is 1.52 bits per heavy atom. The number of phenolic OH excluding ortho intramolecular Hbond substituents is 2. The molecule has 2 aromatic heterocycles. The minimum atomic E-state index is -5.63. The lowest BCUT2D eigenvalue weighted by Gasteiger charge is -2.32. The van der Waals surface area contributed by atoms with Gasteiger partial charge in [0.2, 0.25) is 11.7 Å². The van der Waals surface area contributed by atoms with Crippen LogP contribution in [0.5, 0.6) is 11.5 Å². The number of aromatic nitrogens is 1. The predicted octanol–water partition coefficient (Wildman–Crippen LogP) is 1.82. The number of benzene rings is 2. The Morgan fingerprint density at radius 3 is 2.11 bits per heavy atom. The van der Waals surface area contributed by atoms with Gasteiger partial charge in [0.05, 0.1) is 24.0 Å². The molecule has 20 heteroatoms. The number of aromatic hydroxyl groups is 2. The minimum Gasteiger partial charge on any atom is -0.504 e. The first-order valence-electron chi connectivity index (χ1n) is 17.1. The maximum atomic E-state index is 12.9. The number of fused-ring (bicyclic) bond motifs is 1. The monoisotopic (exact) mass is 822 g/mol. The van der Waals surface area contributed by atoms with Crippen molar-refractivity contribution >= 4 is 38.0 Å². The highest BCUT2D eigenvalue weighted by Crippen LogP contribution is 2.68. The van der Waals surface area contributed by atoms with E-state index in [1.807, 2.05) is 13.8 Å². The van der Waals surface area contributed by atoms with E-state index in [1.165, 1.54) is 47.3 Å². The molecule has 56 heavy (non-hydrogen) atoms. The summed E-state index contributed by atoms with van der Waals surface area (Å²) >= 11 is 0. The number of amides is 2. The fraction of sp³-hybridized carbons (Fsp3) is 0.389. The first-order chi connectivity index (χ1) is 25.8. The van der Waals surface area contributed by atoms with E-state index in [4.69, 9.17) is 9.15 Å². The van der Waals surface area contributed by atoms with Gasteiger partial charge in [0, 0.05) is 54.3 Å². The summed E-state index contributed by atoms with van der Waals surface area (Å²) < 4.78 is 36.5. The zero-order valence-electron chi connectivity index (χ0n) is 30.9. The first-order valence-corrected chi connectivity index (χ1v) is 20.3. The third-order valence-corrected chi connectivity index (χ3v) is 12.5. The number of carbonyl (C=O) groups excluding carboxylic acids is 2. The molecule has 18 nitrogen and oxygen atoms in total. The van der Waals surface area contributed by atoms with E-state index >= 15 is 0 Å². The second-order valence-corrected chi connectivity index (χ2v) is 18.8. The molecule has 0 saturated heterocycles. The van der Waals surface area contributed by atoms with Crippen molar-refractivity contribution in [2.24, 2.45) is 5.41 Å². The SMILES string of the molecule is CC(C)(CNC(=O)c1ccc(-c2cc(=O)c3ccc(O)c(O)c3o2)cc1)COC(C)(C)CC(=O)NCC(O)C[n+]1ccc(CC(O)(P(=O)(O)O)P(=O)(O)O)cc1. The van der Waals surface area contributed by atoms with Crippen LogP contribution >= 0.6 is 15.2 Å². The van der Waals surface area contributed by atoms with Crippen LogP contribution < -0.4 is 20.6 Å². The number of aliphatic hydroxyl groups is 2. The maximum Gasteiger partial charge on any atom is 0.369 e. The van der Waals surface area contributed by atoms with E-state index in [1.54, 1.807) is 38.1 Å². The Balaban J connectivity index is 1.22. The van der Waals surface area contributed by atoms with Crippen LogP contribution in [-0.2, 0) is 31.6 Å². The molecule has 1 unspecified atom stereocenters. The molecule has 0 radical (unpaired) electrons. The van der Waals surface area contributed by atoms with Crippen molar-refractivity contribution in [1.29, 1.82) is 0 Å². The van der Waals surface area contributed by atoms with Crippen molar-refractivity contribution in [2.45, 2.75) is 63.9 Å². The number of rotatable bonds is 17. The van der Waals surface area contributed by atoms with Crippen molar-refractivity contribution in [3.8, 4) is 22.8 Å². The molecule has 0 aliphatic rings. The number of nitrogens with one attached hydrogen (secondary N) is 2. The number of hydrogen-bond donors (Lipinski definition) is 10. The summed E-state index contributed by atoms with van der Waals surface area (Å²) in [5, 5.41) is 42.5. The van der Waals surface area contributed by atoms with E-state index in [0.29, 0.717) is 11.1 Å². The van der Waals surface area contributed by atoms with E-state index in [2.05, 4.69) is 10.6 Å². The standard InChI is InChI=1S/C36H45N3O15P2/c1-34(2,20-38-33(45)24-7-5-23(6-8-24)29-15-28(42)26-9-10-27(41)31(44)32(26)54-29)21-53-35(3,4)17-30(43)37-18-25(40)19-39-13-11-22(12-14-39)16-36(46,55(47,48)49)56(50,51)52/h5-15,25,40,46H,16-21H2,1-4H3,(H7-,37,38,41,42,43,44,45,47,48,49,50,51,52)/p+1. The Kier molecular flexibility index (Phi) is 13.4. The fourth-order valence-corrected chi connectivity index (χ4v) is 7.54. The van der Waals surface area contributed by atoms with Crippen molar-refractivity contribution in [3.05, 3.63) is 88.3 Å². The number of phenols is 2. The maximum absolute atomic E-state index is 12.9. The predicted molar refractivity (Wildman–Crippen MR) is 200 cm³/mol. The average molecular weight is 823 g/mol. The molecular formula is C36H46N3O15P2+. The highest BCUT2D eigenvalue weighted by Gasteiger charge is 2.59. The van der Waals surface area contributed by atoms with Crippen LogP contribution in [0.3, 0.4) is 0 Å². The van der Waals surface area contributed by atoms with E-state index in [-0.39, 0.29) is 60.9 Å². The average Bonchev–Trinajstić information content (AvgIpc) is 3.10. The molecule has 0 bridgehead atoms. The molecule has 2 amide bonds. The van der Waals surface area contributed by atoms with Crippen molar-refractivity contribution < 1.29 is 72.4 Å². The van der Waals surface area contributed by atoms with Gasteiger partial charge in [0.25, 0.3) is 11.0 Å². The van der Waals surface area contributed by atoms with Crippen molar-refractivity contribution in [3.63, 3.8) is 0 Å². The molecule has 0 spiro atoms. The summed E-state index contributed by atoms with van der Waals surface area (Å²) in [6.45, 7) is 7.42. The van der Waals surface area contributed by atoms with E-state index in [9.17, 15) is 63.5 Å². The number of ether oxygens (including phenoxy) is 1. The number of pyridine rings is 1. The normalized spacial score (nSPS) is 13.4. The van der Waals surface area contributed by atoms with Crippen LogP contribution in [0.4, 0.5) is 0 Å². The number of carbonyl (C=O) groups is 2. The third-order valence-electron chi connectivity index (χ3n) is 8.74. The quantitative estimate of drug-likeness (QED) is 0.0413. The van der Waals surface area contributed by atoms with Crippen LogP contribution in [0.25, 0.3) is 22.3 Å². The smallest absolute Gasteiger partial charge is 0.369 e. The molecule has 304 valence electrons. The number of nitrogens with zero attached hydrogens (tertiary/aromatic N) is 1. The summed E-state index contributed by atoms with van der Waals surface area (Å²) in [5.41, 5.74) is -1.25. The zero-order chi connectivity index (χ0) is 41.9. The zero-order valence-corrected chi connectivity index (χ0v) is 32.7. The molecular weight excluding hydrogens is 776 g/mol. The highest BCUT2D eigenvalue weighted by molar-refractivity contribution is 7.72. The lowest BCUT2D eigenvalue weighted by Crippen LogP contribution is -2.45. The fourth-order valence-electron chi connectivity index (χ4n) is 5.40. The molecule has 1 atom stereocenters. The Morgan fingerprint density at radius 1 is 0.911 bits per heavy atom. The van der Waals surface area contributed by atoms with Gasteiger partial charge >= 0.3 is 15.2 Å². The summed E-state index contributed by atoms with van der Waals surface area (Å²) in [5.74, 6) is -1.63. The van der Waals surface area contributed by atoms with Crippen LogP contribution in [0.1, 0.15) is 50.0 Å². The van der Waals surface area contributed by atoms with Gasteiger partial charge in [-0.05, 0) is 43.7 Å². The number of hydrogen-bond acceptors (Lipinski definition) is 11. The van der Waals surface area contributed by atoms with Crippen molar-refractivity contribution in [2.75, 3.05) is 19.7 Å². The topological polar surface area (TPSA) is 298 Å². The Labute approximate surface area is 320 Å². The molecule has 0 aliphatic heterocycles. The summed E-state index contributed by atoms with van der Waals surface area (Å²) in [6.07, 6.45) is 0.585. The molecule has 0 fully saturated rings. The molecule has 0 saturated carbocycles. The van der Waals surface area contributed by atoms with Gasteiger partial charge in [0.1, 0.15) is 11.9 Å². The Hall–Kier alpha value is -4.48. The van der Waals surface area contributed by atoms with Gasteiger partial charge in [-0.25, -0.2) is 4.57 Å². The van der Waals surface area contributed by atoms with E-state index in [0.717, 1.165) is 0 Å². The van der Waals surface area contributed by atoms with Gasteiger partial charge < -0.3 is 59.8 Å². The largest absolute Gasteiger partial charge is 0.504 e. The van der Waals surface area contributed by atoms with Crippen LogP contribution in [0, 0.1) is 5.41 Å².